The number of anilines is 2. The standard InChI is InChI=1S/C13H19ClN2O.C12H11FN2/c1-2-9-7-13(15-8-12(9)14)16-10-3-5-11(17)6-4-10;13-11-5-3-4-10(8-11)9-15-12-6-1-2-7-14-12/h7-8,10-11,17H,2-6H2,1H3,(H,15,16);1-8H,9H2,(H,14,15). The third kappa shape index (κ3) is 7.77. The Balaban J connectivity index is 0.000000182. The molecule has 2 heterocycles. The van der Waals surface area contributed by atoms with Gasteiger partial charge in [-0.1, -0.05) is 36.7 Å². The van der Waals surface area contributed by atoms with Crippen LogP contribution in [0.2, 0.25) is 5.02 Å². The highest BCUT2D eigenvalue weighted by molar-refractivity contribution is 6.31. The molecule has 2 aromatic heterocycles. The summed E-state index contributed by atoms with van der Waals surface area (Å²) in [6.45, 7) is 2.66. The molecular weight excluding hydrogens is 427 g/mol. The first kappa shape index (κ1) is 24.0. The molecule has 5 nitrogen and oxygen atoms in total. The van der Waals surface area contributed by atoms with Gasteiger partial charge in [-0.2, -0.15) is 0 Å². The van der Waals surface area contributed by atoms with Crippen LogP contribution in [0.25, 0.3) is 0 Å². The van der Waals surface area contributed by atoms with E-state index in [0.29, 0.717) is 12.6 Å². The molecule has 3 N–H and O–H groups in total. The third-order valence-electron chi connectivity index (χ3n) is 5.39. The Morgan fingerprint density at radius 1 is 1.03 bits per heavy atom. The highest BCUT2D eigenvalue weighted by Crippen LogP contribution is 2.23. The first-order chi connectivity index (χ1) is 15.5. The van der Waals surface area contributed by atoms with Gasteiger partial charge in [-0.05, 0) is 73.6 Å². The van der Waals surface area contributed by atoms with Crippen molar-refractivity contribution in [2.24, 2.45) is 0 Å². The monoisotopic (exact) mass is 456 g/mol. The van der Waals surface area contributed by atoms with Crippen molar-refractivity contribution in [3.8, 4) is 0 Å². The highest BCUT2D eigenvalue weighted by atomic mass is 35.5. The molecule has 1 fully saturated rings. The number of nitrogens with one attached hydrogen (secondary N) is 2. The second-order valence-electron chi connectivity index (χ2n) is 7.86. The summed E-state index contributed by atoms with van der Waals surface area (Å²) >= 11 is 6.03. The SMILES string of the molecule is CCc1cc(NC2CCC(O)CC2)ncc1Cl.Fc1cccc(CNc2ccccn2)c1. The summed E-state index contributed by atoms with van der Waals surface area (Å²) < 4.78 is 12.8. The summed E-state index contributed by atoms with van der Waals surface area (Å²) in [5.41, 5.74) is 2.03. The molecule has 0 aliphatic heterocycles. The van der Waals surface area contributed by atoms with Crippen LogP contribution < -0.4 is 10.6 Å². The van der Waals surface area contributed by atoms with Crippen molar-refractivity contribution in [2.75, 3.05) is 10.6 Å². The maximum absolute atomic E-state index is 12.8. The van der Waals surface area contributed by atoms with E-state index in [0.717, 1.165) is 59.9 Å². The van der Waals surface area contributed by atoms with E-state index in [1.54, 1.807) is 18.5 Å². The van der Waals surface area contributed by atoms with E-state index in [9.17, 15) is 9.50 Å². The molecule has 32 heavy (non-hydrogen) atoms. The smallest absolute Gasteiger partial charge is 0.126 e. The maximum Gasteiger partial charge on any atom is 0.126 e. The zero-order valence-electron chi connectivity index (χ0n) is 18.3. The molecule has 0 bridgehead atoms. The zero-order chi connectivity index (χ0) is 22.8. The van der Waals surface area contributed by atoms with Crippen LogP contribution in [-0.2, 0) is 13.0 Å². The van der Waals surface area contributed by atoms with Crippen molar-refractivity contribution in [1.29, 1.82) is 0 Å². The van der Waals surface area contributed by atoms with Crippen LogP contribution in [-0.4, -0.2) is 27.2 Å². The van der Waals surface area contributed by atoms with Gasteiger partial charge >= 0.3 is 0 Å². The fourth-order valence-corrected chi connectivity index (χ4v) is 3.80. The number of aromatic nitrogens is 2. The van der Waals surface area contributed by atoms with E-state index >= 15 is 0 Å². The van der Waals surface area contributed by atoms with Crippen LogP contribution >= 0.6 is 11.6 Å². The Labute approximate surface area is 194 Å². The molecule has 4 rings (SSSR count). The van der Waals surface area contributed by atoms with Crippen molar-refractivity contribution < 1.29 is 9.50 Å². The molecule has 170 valence electrons. The second-order valence-corrected chi connectivity index (χ2v) is 8.27. The minimum Gasteiger partial charge on any atom is -0.393 e. The quantitative estimate of drug-likeness (QED) is 0.434. The summed E-state index contributed by atoms with van der Waals surface area (Å²) in [5.74, 6) is 1.48. The number of rotatable bonds is 6. The molecule has 1 aromatic carbocycles. The van der Waals surface area contributed by atoms with Crippen molar-refractivity contribution in [3.05, 3.63) is 82.9 Å². The molecule has 1 aliphatic carbocycles. The second kappa shape index (κ2) is 12.4. The molecule has 0 radical (unpaired) electrons. The predicted octanol–water partition coefficient (Wildman–Crippen LogP) is 5.85. The van der Waals surface area contributed by atoms with E-state index in [2.05, 4.69) is 27.5 Å². The number of benzene rings is 1. The van der Waals surface area contributed by atoms with Crippen LogP contribution in [0.1, 0.15) is 43.7 Å². The number of hydrogen-bond donors (Lipinski definition) is 3. The van der Waals surface area contributed by atoms with Gasteiger partial charge in [0.25, 0.3) is 0 Å². The minimum absolute atomic E-state index is 0.113. The highest BCUT2D eigenvalue weighted by Gasteiger charge is 2.19. The molecule has 0 atom stereocenters. The van der Waals surface area contributed by atoms with Crippen LogP contribution in [0.5, 0.6) is 0 Å². The predicted molar refractivity (Wildman–Crippen MR) is 128 cm³/mol. The van der Waals surface area contributed by atoms with Crippen LogP contribution in [0.15, 0.2) is 60.9 Å². The third-order valence-corrected chi connectivity index (χ3v) is 5.73. The van der Waals surface area contributed by atoms with Crippen molar-refractivity contribution >= 4 is 23.2 Å². The number of aliphatic hydroxyl groups excluding tert-OH is 1. The Kier molecular flexibility index (Phi) is 9.26. The lowest BCUT2D eigenvalue weighted by molar-refractivity contribution is 0.126. The maximum atomic E-state index is 12.8. The molecular formula is C25H30ClFN4O. The Morgan fingerprint density at radius 3 is 2.53 bits per heavy atom. The van der Waals surface area contributed by atoms with Gasteiger partial charge in [-0.3, -0.25) is 0 Å². The molecule has 1 saturated carbocycles. The van der Waals surface area contributed by atoms with Crippen molar-refractivity contribution in [1.82, 2.24) is 9.97 Å². The lowest BCUT2D eigenvalue weighted by Gasteiger charge is -2.26. The largest absolute Gasteiger partial charge is 0.393 e. The number of aliphatic hydroxyl groups is 1. The summed E-state index contributed by atoms with van der Waals surface area (Å²) in [6.07, 6.45) is 8.00. The Hall–Kier alpha value is -2.70. The summed E-state index contributed by atoms with van der Waals surface area (Å²) in [7, 11) is 0. The number of hydrogen-bond acceptors (Lipinski definition) is 5. The summed E-state index contributed by atoms with van der Waals surface area (Å²) in [6, 6.07) is 14.6. The van der Waals surface area contributed by atoms with E-state index in [-0.39, 0.29) is 11.9 Å². The summed E-state index contributed by atoms with van der Waals surface area (Å²) in [4.78, 5) is 8.41. The van der Waals surface area contributed by atoms with Gasteiger partial charge in [0.1, 0.15) is 17.5 Å². The molecule has 7 heteroatoms. The van der Waals surface area contributed by atoms with Crippen LogP contribution in [0, 0.1) is 5.82 Å². The molecule has 0 unspecified atom stereocenters. The fraction of sp³-hybridized carbons (Fsp3) is 0.360. The normalized spacial score (nSPS) is 17.8. The van der Waals surface area contributed by atoms with Gasteiger partial charge < -0.3 is 15.7 Å². The van der Waals surface area contributed by atoms with Gasteiger partial charge in [0.05, 0.1) is 11.1 Å². The van der Waals surface area contributed by atoms with E-state index in [4.69, 9.17) is 11.6 Å². The van der Waals surface area contributed by atoms with Gasteiger partial charge in [0.2, 0.25) is 0 Å². The van der Waals surface area contributed by atoms with Gasteiger partial charge in [0, 0.05) is 25.0 Å². The fourth-order valence-electron chi connectivity index (χ4n) is 3.57. The zero-order valence-corrected chi connectivity index (χ0v) is 19.0. The topological polar surface area (TPSA) is 70.1 Å². The molecule has 0 amide bonds. The van der Waals surface area contributed by atoms with Crippen LogP contribution in [0.3, 0.4) is 0 Å². The molecule has 1 aliphatic rings. The number of nitrogens with zero attached hydrogens (tertiary/aromatic N) is 2. The number of aryl methyl sites for hydroxylation is 1. The lowest BCUT2D eigenvalue weighted by atomic mass is 9.93. The summed E-state index contributed by atoms with van der Waals surface area (Å²) in [5, 5.41) is 16.7. The lowest BCUT2D eigenvalue weighted by Crippen LogP contribution is -2.28. The average Bonchev–Trinajstić information content (AvgIpc) is 2.82. The minimum atomic E-state index is -0.213. The first-order valence-electron chi connectivity index (χ1n) is 11.0. The first-order valence-corrected chi connectivity index (χ1v) is 11.4. The van der Waals surface area contributed by atoms with Crippen molar-refractivity contribution in [3.63, 3.8) is 0 Å². The van der Waals surface area contributed by atoms with E-state index in [1.165, 1.54) is 12.1 Å². The van der Waals surface area contributed by atoms with E-state index < -0.39 is 0 Å². The van der Waals surface area contributed by atoms with Gasteiger partial charge in [0.15, 0.2) is 0 Å². The van der Waals surface area contributed by atoms with Crippen LogP contribution in [0.4, 0.5) is 16.0 Å². The van der Waals surface area contributed by atoms with E-state index in [1.807, 2.05) is 30.3 Å². The van der Waals surface area contributed by atoms with Gasteiger partial charge in [-0.15, -0.1) is 0 Å². The van der Waals surface area contributed by atoms with Crippen molar-refractivity contribution in [2.45, 2.75) is 57.7 Å². The number of pyridine rings is 2. The molecule has 3 aromatic rings. The Morgan fingerprint density at radius 2 is 1.84 bits per heavy atom. The van der Waals surface area contributed by atoms with Gasteiger partial charge in [-0.25, -0.2) is 14.4 Å². The number of halogens is 2. The Bertz CT molecular complexity index is 965. The molecule has 0 saturated heterocycles. The average molecular weight is 457 g/mol. The molecule has 0 spiro atoms.